The Balaban J connectivity index is 1.96. The van der Waals surface area contributed by atoms with Gasteiger partial charge >= 0.3 is 0 Å². The highest BCUT2D eigenvalue weighted by atomic mass is 28.3. The molecule has 2 heteroatoms. The minimum atomic E-state index is -0.444. The van der Waals surface area contributed by atoms with Gasteiger partial charge in [-0.05, 0) is 52.6 Å². The molecule has 1 nitrogen and oxygen atoms in total. The molecule has 0 N–H and O–H groups in total. The highest BCUT2D eigenvalue weighted by Crippen LogP contribution is 2.35. The van der Waals surface area contributed by atoms with Crippen molar-refractivity contribution < 1.29 is 0 Å². The quantitative estimate of drug-likeness (QED) is 0.546. The van der Waals surface area contributed by atoms with E-state index in [0.717, 1.165) is 0 Å². The Kier molecular flexibility index (Phi) is 5.82. The van der Waals surface area contributed by atoms with Gasteiger partial charge in [0.1, 0.15) is 0 Å². The molecule has 2 aromatic rings. The lowest BCUT2D eigenvalue weighted by Gasteiger charge is -2.34. The van der Waals surface area contributed by atoms with Crippen LogP contribution in [0.1, 0.15) is 36.9 Å². The lowest BCUT2D eigenvalue weighted by molar-refractivity contribution is 0.383. The van der Waals surface area contributed by atoms with Crippen molar-refractivity contribution in [3.8, 4) is 11.1 Å². The molecule has 135 valence electrons. The summed E-state index contributed by atoms with van der Waals surface area (Å²) in [7, 11) is 1.78. The van der Waals surface area contributed by atoms with Gasteiger partial charge in [-0.2, -0.15) is 0 Å². The molecule has 0 spiro atoms. The monoisotopic (exact) mass is 360 g/mol. The third-order valence-electron chi connectivity index (χ3n) is 5.23. The summed E-state index contributed by atoms with van der Waals surface area (Å²) in [5.41, 5.74) is 6.93. The van der Waals surface area contributed by atoms with Crippen molar-refractivity contribution >= 4 is 8.80 Å². The first-order valence-electron chi connectivity index (χ1n) is 9.62. The minimum Gasteiger partial charge on any atom is -0.370 e. The van der Waals surface area contributed by atoms with E-state index in [9.17, 15) is 0 Å². The van der Waals surface area contributed by atoms with Gasteiger partial charge in [-0.15, -0.1) is 0 Å². The molecule has 0 bridgehead atoms. The summed E-state index contributed by atoms with van der Waals surface area (Å²) < 4.78 is 0. The van der Waals surface area contributed by atoms with Crippen molar-refractivity contribution in [2.24, 2.45) is 0 Å². The molecule has 26 heavy (non-hydrogen) atoms. The summed E-state index contributed by atoms with van der Waals surface area (Å²) in [5.74, 6) is 0. The number of aryl methyl sites for hydroxylation is 1. The predicted molar refractivity (Wildman–Crippen MR) is 116 cm³/mol. The van der Waals surface area contributed by atoms with Crippen molar-refractivity contribution in [2.75, 3.05) is 7.05 Å². The van der Waals surface area contributed by atoms with E-state index in [1.54, 1.807) is 10.8 Å². The second kappa shape index (κ2) is 8.09. The van der Waals surface area contributed by atoms with Crippen molar-refractivity contribution in [1.29, 1.82) is 0 Å². The Morgan fingerprint density at radius 2 is 1.73 bits per heavy atom. The van der Waals surface area contributed by atoms with Gasteiger partial charge in [-0.25, -0.2) is 0 Å². The maximum absolute atomic E-state index is 2.51. The third-order valence-corrected chi connectivity index (χ3v) is 6.76. The number of hydrogen-bond donors (Lipinski definition) is 0. The minimum absolute atomic E-state index is 0.339. The van der Waals surface area contributed by atoms with Crippen LogP contribution in [0.4, 0.5) is 0 Å². The van der Waals surface area contributed by atoms with Gasteiger partial charge in [-0.3, -0.25) is 0 Å². The molecule has 0 amide bonds. The van der Waals surface area contributed by atoms with Crippen LogP contribution in [-0.4, -0.2) is 20.7 Å². The molecule has 2 aromatic carbocycles. The fraction of sp³-hybridized carbons (Fsp3) is 0.333. The molecule has 1 unspecified atom stereocenters. The van der Waals surface area contributed by atoms with Crippen LogP contribution in [0.15, 0.2) is 71.6 Å². The van der Waals surface area contributed by atoms with Gasteiger partial charge in [0.15, 0.2) is 0 Å². The van der Waals surface area contributed by atoms with E-state index in [4.69, 9.17) is 0 Å². The van der Waals surface area contributed by atoms with Crippen molar-refractivity contribution in [1.82, 2.24) is 4.90 Å². The number of allylic oxidation sites excluding steroid dienone is 2. The zero-order chi connectivity index (χ0) is 18.7. The maximum atomic E-state index is 2.51. The van der Waals surface area contributed by atoms with E-state index in [-0.39, 0.29) is 0 Å². The molecule has 1 radical (unpaired) electrons. The van der Waals surface area contributed by atoms with Crippen LogP contribution in [0.25, 0.3) is 11.1 Å². The van der Waals surface area contributed by atoms with Gasteiger partial charge in [0.2, 0.25) is 0 Å². The molecule has 0 fully saturated rings. The zero-order valence-electron chi connectivity index (χ0n) is 16.7. The summed E-state index contributed by atoms with van der Waals surface area (Å²) in [6.45, 7) is 9.32. The average Bonchev–Trinajstić information content (AvgIpc) is 2.64. The van der Waals surface area contributed by atoms with Gasteiger partial charge in [0.25, 0.3) is 0 Å². The fourth-order valence-electron chi connectivity index (χ4n) is 3.83. The Labute approximate surface area is 160 Å². The van der Waals surface area contributed by atoms with Crippen LogP contribution in [0, 0.1) is 6.92 Å². The Morgan fingerprint density at radius 3 is 2.35 bits per heavy atom. The highest BCUT2D eigenvalue weighted by Gasteiger charge is 2.23. The normalized spacial score (nSPS) is 17.3. The Bertz CT molecular complexity index is 817. The largest absolute Gasteiger partial charge is 0.370 e. The smallest absolute Gasteiger partial charge is 0.0814 e. The number of likely N-dealkylation sites (N-methyl/N-ethyl adjacent to an activating group) is 1. The molecule has 3 rings (SSSR count). The van der Waals surface area contributed by atoms with Crippen molar-refractivity contribution in [3.63, 3.8) is 0 Å². The van der Waals surface area contributed by atoms with Crippen LogP contribution in [0.5, 0.6) is 0 Å². The second-order valence-corrected chi connectivity index (χ2v) is 10.1. The second-order valence-electron chi connectivity index (χ2n) is 7.53. The maximum Gasteiger partial charge on any atom is 0.0814 e. The van der Waals surface area contributed by atoms with Crippen molar-refractivity contribution in [3.05, 3.63) is 82.7 Å². The molecule has 1 aliphatic heterocycles. The summed E-state index contributed by atoms with van der Waals surface area (Å²) in [6, 6.07) is 17.9. The summed E-state index contributed by atoms with van der Waals surface area (Å²) >= 11 is 0. The summed E-state index contributed by atoms with van der Waals surface area (Å²) in [4.78, 5) is 2.40. The standard InChI is InChI=1S/C24H30NSi/c1-6-10-21-16-23(25(3)17-24(21)26(4)5)22-14-13-20(15-18(22)2)19-11-8-7-9-12-19/h7-9,11-17,23H,6,10H2,1-5H3. The molecule has 0 saturated heterocycles. The average molecular weight is 361 g/mol. The molecule has 1 heterocycles. The van der Waals surface area contributed by atoms with Crippen LogP contribution in [0.3, 0.4) is 0 Å². The molecule has 0 saturated carbocycles. The highest BCUT2D eigenvalue weighted by molar-refractivity contribution is 6.65. The Hall–Kier alpha value is -2.06. The van der Waals surface area contributed by atoms with Crippen LogP contribution in [0.2, 0.25) is 13.1 Å². The number of benzene rings is 2. The van der Waals surface area contributed by atoms with E-state index < -0.39 is 8.80 Å². The van der Waals surface area contributed by atoms with Gasteiger partial charge in [-0.1, -0.05) is 81.0 Å². The number of nitrogens with zero attached hydrogens (tertiary/aromatic N) is 1. The first kappa shape index (κ1) is 18.7. The molecular formula is C24H30NSi. The van der Waals surface area contributed by atoms with E-state index >= 15 is 0 Å². The first-order valence-corrected chi connectivity index (χ1v) is 12.1. The molecule has 0 aromatic heterocycles. The molecule has 1 aliphatic rings. The van der Waals surface area contributed by atoms with Crippen LogP contribution < -0.4 is 0 Å². The van der Waals surface area contributed by atoms with Crippen molar-refractivity contribution in [2.45, 2.75) is 45.8 Å². The summed E-state index contributed by atoms with van der Waals surface area (Å²) in [5, 5.41) is 1.59. The molecule has 0 aliphatic carbocycles. The zero-order valence-corrected chi connectivity index (χ0v) is 17.7. The first-order chi connectivity index (χ1) is 12.5. The molecular weight excluding hydrogens is 330 g/mol. The van der Waals surface area contributed by atoms with Gasteiger partial charge < -0.3 is 4.90 Å². The van der Waals surface area contributed by atoms with Crippen LogP contribution >= 0.6 is 0 Å². The van der Waals surface area contributed by atoms with E-state index in [0.29, 0.717) is 6.04 Å². The summed E-state index contributed by atoms with van der Waals surface area (Å²) in [6.07, 6.45) is 7.32. The fourth-order valence-corrected chi connectivity index (χ4v) is 5.14. The third kappa shape index (κ3) is 3.86. The molecule has 1 atom stereocenters. The van der Waals surface area contributed by atoms with Gasteiger partial charge in [0.05, 0.1) is 14.8 Å². The number of rotatable bonds is 5. The lowest BCUT2D eigenvalue weighted by atomic mass is 9.92. The predicted octanol–water partition coefficient (Wildman–Crippen LogP) is 6.55. The lowest BCUT2D eigenvalue weighted by Crippen LogP contribution is -2.26. The SMILES string of the molecule is CCCC1=CC(c2ccc(-c3ccccc3)cc2C)N(C)C=C1[Si](C)C. The van der Waals surface area contributed by atoms with Gasteiger partial charge in [0, 0.05) is 7.05 Å². The van der Waals surface area contributed by atoms with Crippen LogP contribution in [-0.2, 0) is 0 Å². The number of hydrogen-bond acceptors (Lipinski definition) is 1. The van der Waals surface area contributed by atoms with E-state index in [1.165, 1.54) is 35.1 Å². The van der Waals surface area contributed by atoms with E-state index in [1.807, 2.05) is 0 Å². The topological polar surface area (TPSA) is 3.24 Å². The van der Waals surface area contributed by atoms with E-state index in [2.05, 4.69) is 99.7 Å². The Morgan fingerprint density at radius 1 is 1.00 bits per heavy atom.